The van der Waals surface area contributed by atoms with Crippen molar-refractivity contribution in [1.29, 1.82) is 0 Å². The van der Waals surface area contributed by atoms with Gasteiger partial charge in [0.25, 0.3) is 0 Å². The molecule has 0 unspecified atom stereocenters. The van der Waals surface area contributed by atoms with Crippen molar-refractivity contribution >= 4 is 29.9 Å². The first kappa shape index (κ1) is 26.9. The van der Waals surface area contributed by atoms with Gasteiger partial charge in [-0.3, -0.25) is 0 Å². The molecule has 0 amide bonds. The highest BCUT2D eigenvalue weighted by Gasteiger charge is 2.19. The number of methoxy groups -OCH3 is 1. The average Bonchev–Trinajstić information content (AvgIpc) is 2.72. The van der Waals surface area contributed by atoms with E-state index in [4.69, 9.17) is 14.5 Å². The second kappa shape index (κ2) is 15.7. The lowest BCUT2D eigenvalue weighted by atomic mass is 9.93. The zero-order valence-electron chi connectivity index (χ0n) is 18.6. The van der Waals surface area contributed by atoms with E-state index in [9.17, 15) is 5.11 Å². The summed E-state index contributed by atoms with van der Waals surface area (Å²) in [7, 11) is 3.78. The quantitative estimate of drug-likeness (QED) is 0.230. The van der Waals surface area contributed by atoms with Gasteiger partial charge in [0.1, 0.15) is 12.4 Å². The van der Waals surface area contributed by atoms with Crippen LogP contribution in [0.25, 0.3) is 0 Å². The lowest BCUT2D eigenvalue weighted by Gasteiger charge is -2.27. The highest BCUT2D eigenvalue weighted by molar-refractivity contribution is 14.0. The maximum atomic E-state index is 9.68. The standard InChI is InChI=1S/C22H38N4O3.HI/c1-4-23-22(25-19-8-10-20(27)11-9-19)24-17-18-6-5-7-21(16-18)29-15-13-26(2)12-14-28-3;/h5-7,16,19-20,27H,4,8-15,17H2,1-3H3,(H2,23,24,25);1H. The first-order valence-electron chi connectivity index (χ1n) is 10.7. The van der Waals surface area contributed by atoms with Crippen molar-refractivity contribution in [1.82, 2.24) is 15.5 Å². The number of nitrogens with zero attached hydrogens (tertiary/aromatic N) is 2. The normalized spacial score (nSPS) is 19.3. The summed E-state index contributed by atoms with van der Waals surface area (Å²) < 4.78 is 11.0. The second-order valence-electron chi connectivity index (χ2n) is 7.64. The van der Waals surface area contributed by atoms with E-state index in [1.54, 1.807) is 7.11 Å². The molecule has 1 saturated carbocycles. The van der Waals surface area contributed by atoms with E-state index in [1.165, 1.54) is 0 Å². The van der Waals surface area contributed by atoms with Gasteiger partial charge in [-0.25, -0.2) is 4.99 Å². The molecule has 0 spiro atoms. The summed E-state index contributed by atoms with van der Waals surface area (Å²) in [6, 6.07) is 8.50. The van der Waals surface area contributed by atoms with Crippen LogP contribution in [0.3, 0.4) is 0 Å². The highest BCUT2D eigenvalue weighted by Crippen LogP contribution is 2.18. The van der Waals surface area contributed by atoms with Gasteiger partial charge in [0.05, 0.1) is 19.3 Å². The number of likely N-dealkylation sites (N-methyl/N-ethyl adjacent to an activating group) is 1. The van der Waals surface area contributed by atoms with Crippen LogP contribution in [0.4, 0.5) is 0 Å². The van der Waals surface area contributed by atoms with Gasteiger partial charge < -0.3 is 30.1 Å². The third-order valence-corrected chi connectivity index (χ3v) is 5.12. The molecular weight excluding hydrogens is 495 g/mol. The van der Waals surface area contributed by atoms with Crippen LogP contribution in [-0.2, 0) is 11.3 Å². The third-order valence-electron chi connectivity index (χ3n) is 5.12. The Morgan fingerprint density at radius 1 is 1.20 bits per heavy atom. The Labute approximate surface area is 198 Å². The zero-order valence-corrected chi connectivity index (χ0v) is 20.9. The van der Waals surface area contributed by atoms with Crippen molar-refractivity contribution in [3.8, 4) is 5.75 Å². The van der Waals surface area contributed by atoms with E-state index >= 15 is 0 Å². The molecule has 0 aromatic heterocycles. The molecule has 1 aliphatic rings. The number of nitrogens with one attached hydrogen (secondary N) is 2. The van der Waals surface area contributed by atoms with Crippen LogP contribution in [0.15, 0.2) is 29.3 Å². The Kier molecular flexibility index (Phi) is 14.1. The second-order valence-corrected chi connectivity index (χ2v) is 7.64. The smallest absolute Gasteiger partial charge is 0.191 e. The molecule has 8 heteroatoms. The van der Waals surface area contributed by atoms with Gasteiger partial charge in [-0.2, -0.15) is 0 Å². The molecule has 2 rings (SSSR count). The zero-order chi connectivity index (χ0) is 20.9. The number of aliphatic hydroxyl groups excluding tert-OH is 1. The van der Waals surface area contributed by atoms with Gasteiger partial charge in [0.15, 0.2) is 5.96 Å². The van der Waals surface area contributed by atoms with Gasteiger partial charge >= 0.3 is 0 Å². The number of aliphatic imine (C=N–C) groups is 1. The Morgan fingerprint density at radius 2 is 1.93 bits per heavy atom. The molecule has 0 aliphatic heterocycles. The van der Waals surface area contributed by atoms with E-state index in [1.807, 2.05) is 12.1 Å². The largest absolute Gasteiger partial charge is 0.492 e. The maximum absolute atomic E-state index is 9.68. The van der Waals surface area contributed by atoms with Crippen molar-refractivity contribution in [2.75, 3.05) is 47.0 Å². The Morgan fingerprint density at radius 3 is 2.63 bits per heavy atom. The predicted molar refractivity (Wildman–Crippen MR) is 133 cm³/mol. The van der Waals surface area contributed by atoms with Gasteiger partial charge in [0, 0.05) is 32.8 Å². The molecule has 30 heavy (non-hydrogen) atoms. The molecule has 0 saturated heterocycles. The van der Waals surface area contributed by atoms with E-state index in [0.29, 0.717) is 19.2 Å². The number of benzene rings is 1. The number of guanidine groups is 1. The average molecular weight is 534 g/mol. The summed E-state index contributed by atoms with van der Waals surface area (Å²) in [5, 5.41) is 16.5. The third kappa shape index (κ3) is 10.8. The SMILES string of the molecule is CCNC(=NCc1cccc(OCCN(C)CCOC)c1)NC1CCC(O)CC1.I. The van der Waals surface area contributed by atoms with Crippen molar-refractivity contribution < 1.29 is 14.6 Å². The predicted octanol–water partition coefficient (Wildman–Crippen LogP) is 2.62. The van der Waals surface area contributed by atoms with E-state index in [2.05, 4.69) is 41.6 Å². The molecule has 1 aromatic carbocycles. The fraction of sp³-hybridized carbons (Fsp3) is 0.682. The van der Waals surface area contributed by atoms with Crippen molar-refractivity contribution in [2.45, 2.75) is 51.3 Å². The molecule has 0 atom stereocenters. The molecular formula is C22H39IN4O3. The highest BCUT2D eigenvalue weighted by atomic mass is 127. The van der Waals surface area contributed by atoms with Crippen LogP contribution >= 0.6 is 24.0 Å². The van der Waals surface area contributed by atoms with Crippen LogP contribution in [0.5, 0.6) is 5.75 Å². The minimum Gasteiger partial charge on any atom is -0.492 e. The summed E-state index contributed by atoms with van der Waals surface area (Å²) in [5.74, 6) is 1.71. The maximum Gasteiger partial charge on any atom is 0.191 e. The van der Waals surface area contributed by atoms with Gasteiger partial charge in [-0.05, 0) is 57.4 Å². The molecule has 0 bridgehead atoms. The Balaban J connectivity index is 0.00000450. The summed E-state index contributed by atoms with van der Waals surface area (Å²) in [6.45, 7) is 6.61. The first-order valence-corrected chi connectivity index (χ1v) is 10.7. The molecule has 1 fully saturated rings. The van der Waals surface area contributed by atoms with Crippen molar-refractivity contribution in [3.63, 3.8) is 0 Å². The lowest BCUT2D eigenvalue weighted by molar-refractivity contribution is 0.120. The summed E-state index contributed by atoms with van der Waals surface area (Å²) >= 11 is 0. The van der Waals surface area contributed by atoms with E-state index in [0.717, 1.165) is 69.2 Å². The number of rotatable bonds is 11. The summed E-state index contributed by atoms with van der Waals surface area (Å²) in [4.78, 5) is 6.93. The number of aliphatic hydroxyl groups is 1. The molecule has 172 valence electrons. The summed E-state index contributed by atoms with van der Waals surface area (Å²) in [5.41, 5.74) is 1.12. The van der Waals surface area contributed by atoms with Gasteiger partial charge in [-0.1, -0.05) is 12.1 Å². The van der Waals surface area contributed by atoms with Crippen LogP contribution in [0.1, 0.15) is 38.2 Å². The molecule has 1 aromatic rings. The van der Waals surface area contributed by atoms with Crippen molar-refractivity contribution in [2.24, 2.45) is 4.99 Å². The molecule has 7 nitrogen and oxygen atoms in total. The monoisotopic (exact) mass is 534 g/mol. The van der Waals surface area contributed by atoms with Crippen LogP contribution < -0.4 is 15.4 Å². The number of ether oxygens (including phenoxy) is 2. The molecule has 0 heterocycles. The van der Waals surface area contributed by atoms with Crippen LogP contribution in [-0.4, -0.2) is 75.1 Å². The van der Waals surface area contributed by atoms with E-state index in [-0.39, 0.29) is 30.1 Å². The fourth-order valence-electron chi connectivity index (χ4n) is 3.32. The topological polar surface area (TPSA) is 78.4 Å². The number of halogens is 1. The molecule has 0 radical (unpaired) electrons. The minimum absolute atomic E-state index is 0. The fourth-order valence-corrected chi connectivity index (χ4v) is 3.32. The number of hydrogen-bond acceptors (Lipinski definition) is 5. The van der Waals surface area contributed by atoms with Gasteiger partial charge in [-0.15, -0.1) is 24.0 Å². The van der Waals surface area contributed by atoms with Crippen molar-refractivity contribution in [3.05, 3.63) is 29.8 Å². The van der Waals surface area contributed by atoms with Crippen LogP contribution in [0, 0.1) is 0 Å². The summed E-state index contributed by atoms with van der Waals surface area (Å²) in [6.07, 6.45) is 3.53. The Bertz CT molecular complexity index is 610. The Hall–Kier alpha value is -1.10. The van der Waals surface area contributed by atoms with E-state index < -0.39 is 0 Å². The van der Waals surface area contributed by atoms with Crippen LogP contribution in [0.2, 0.25) is 0 Å². The lowest BCUT2D eigenvalue weighted by Crippen LogP contribution is -2.45. The molecule has 1 aliphatic carbocycles. The minimum atomic E-state index is -0.143. The molecule has 3 N–H and O–H groups in total. The first-order chi connectivity index (χ1) is 14.1. The number of hydrogen-bond donors (Lipinski definition) is 3. The van der Waals surface area contributed by atoms with Gasteiger partial charge in [0.2, 0.25) is 0 Å².